The summed E-state index contributed by atoms with van der Waals surface area (Å²) in [6, 6.07) is 8.51. The second kappa shape index (κ2) is 10.3. The number of hydrogen-bond acceptors (Lipinski definition) is 8. The Kier molecular flexibility index (Phi) is 6.99. The quantitative estimate of drug-likeness (QED) is 0.457. The molecule has 0 unspecified atom stereocenters. The van der Waals surface area contributed by atoms with Gasteiger partial charge in [0.1, 0.15) is 17.7 Å². The molecular weight excluding hydrogens is 467 g/mol. The van der Waals surface area contributed by atoms with Crippen molar-refractivity contribution in [1.82, 2.24) is 14.9 Å². The molecule has 9 nitrogen and oxygen atoms in total. The number of benzene rings is 1. The number of carbonyl (C=O) groups is 1. The zero-order chi connectivity index (χ0) is 25.2. The van der Waals surface area contributed by atoms with Crippen LogP contribution in [0.1, 0.15) is 30.1 Å². The number of anilines is 1. The van der Waals surface area contributed by atoms with Crippen molar-refractivity contribution in [3.63, 3.8) is 0 Å². The molecule has 0 spiro atoms. The first-order valence-corrected chi connectivity index (χ1v) is 12.1. The zero-order valence-corrected chi connectivity index (χ0v) is 20.0. The van der Waals surface area contributed by atoms with E-state index in [-0.39, 0.29) is 24.2 Å². The molecule has 1 fully saturated rings. The molecule has 36 heavy (non-hydrogen) atoms. The summed E-state index contributed by atoms with van der Waals surface area (Å²) in [5, 5.41) is 24.4. The number of aliphatic hydroxyl groups excluding tert-OH is 2. The number of rotatable bonds is 7. The van der Waals surface area contributed by atoms with Crippen molar-refractivity contribution in [2.45, 2.75) is 31.5 Å². The molecule has 0 saturated carbocycles. The molecule has 0 aliphatic carbocycles. The lowest BCUT2D eigenvalue weighted by atomic mass is 9.86. The Morgan fingerprint density at radius 1 is 1.25 bits per heavy atom. The summed E-state index contributed by atoms with van der Waals surface area (Å²) in [7, 11) is 1.52. The van der Waals surface area contributed by atoms with Gasteiger partial charge in [-0.2, -0.15) is 0 Å². The molecule has 2 aromatic heterocycles. The SMILES string of the molecule is COc1ccc2ncc(F)c(CCN3CCC([C@H](O)[C@@H](O)c4ccc5c(c4)NC(=O)CO5)CC3)c2n1. The Labute approximate surface area is 207 Å². The van der Waals surface area contributed by atoms with Crippen molar-refractivity contribution < 1.29 is 28.9 Å². The van der Waals surface area contributed by atoms with Crippen molar-refractivity contribution in [3.8, 4) is 11.6 Å². The number of pyridine rings is 2. The Morgan fingerprint density at radius 3 is 2.83 bits per heavy atom. The van der Waals surface area contributed by atoms with Gasteiger partial charge in [0, 0.05) is 18.2 Å². The molecule has 2 aliphatic heterocycles. The van der Waals surface area contributed by atoms with Crippen LogP contribution in [0.3, 0.4) is 0 Å². The number of hydrogen-bond donors (Lipinski definition) is 3. The van der Waals surface area contributed by atoms with Crippen LogP contribution in [-0.2, 0) is 11.2 Å². The fourth-order valence-electron chi connectivity index (χ4n) is 4.96. The molecule has 5 rings (SSSR count). The lowest BCUT2D eigenvalue weighted by Gasteiger charge is -2.36. The lowest BCUT2D eigenvalue weighted by Crippen LogP contribution is -2.40. The fourth-order valence-corrected chi connectivity index (χ4v) is 4.96. The molecule has 2 aliphatic rings. The average molecular weight is 497 g/mol. The number of likely N-dealkylation sites (tertiary alicyclic amines) is 1. The van der Waals surface area contributed by atoms with Crippen LogP contribution in [-0.4, -0.2) is 70.4 Å². The number of methoxy groups -OCH3 is 1. The molecule has 3 N–H and O–H groups in total. The third-order valence-corrected chi connectivity index (χ3v) is 7.04. The van der Waals surface area contributed by atoms with Crippen molar-refractivity contribution >= 4 is 22.6 Å². The highest BCUT2D eigenvalue weighted by Gasteiger charge is 2.31. The van der Waals surface area contributed by atoms with Gasteiger partial charge in [-0.1, -0.05) is 6.07 Å². The average Bonchev–Trinajstić information content (AvgIpc) is 2.91. The summed E-state index contributed by atoms with van der Waals surface area (Å²) in [6.07, 6.45) is 1.09. The van der Waals surface area contributed by atoms with E-state index in [1.807, 2.05) is 0 Å². The van der Waals surface area contributed by atoms with Crippen molar-refractivity contribution in [2.24, 2.45) is 5.92 Å². The first-order valence-electron chi connectivity index (χ1n) is 12.1. The van der Waals surface area contributed by atoms with E-state index in [2.05, 4.69) is 20.2 Å². The maximum absolute atomic E-state index is 14.6. The van der Waals surface area contributed by atoms with Crippen LogP contribution >= 0.6 is 0 Å². The summed E-state index contributed by atoms with van der Waals surface area (Å²) in [5.41, 5.74) is 2.66. The van der Waals surface area contributed by atoms with Crippen molar-refractivity contribution in [2.75, 3.05) is 38.7 Å². The molecule has 4 heterocycles. The third-order valence-electron chi connectivity index (χ3n) is 7.04. The van der Waals surface area contributed by atoms with E-state index < -0.39 is 12.2 Å². The molecule has 1 amide bonds. The number of nitrogens with zero attached hydrogens (tertiary/aromatic N) is 3. The molecule has 0 radical (unpaired) electrons. The monoisotopic (exact) mass is 496 g/mol. The molecule has 2 atom stereocenters. The number of nitrogens with one attached hydrogen (secondary N) is 1. The summed E-state index contributed by atoms with van der Waals surface area (Å²) >= 11 is 0. The van der Waals surface area contributed by atoms with Gasteiger partial charge in [-0.3, -0.25) is 9.78 Å². The predicted octanol–water partition coefficient (Wildman–Crippen LogP) is 2.46. The van der Waals surface area contributed by atoms with Gasteiger partial charge < -0.3 is 29.9 Å². The zero-order valence-electron chi connectivity index (χ0n) is 20.0. The maximum atomic E-state index is 14.6. The summed E-state index contributed by atoms with van der Waals surface area (Å²) in [5.74, 6) is 0.237. The predicted molar refractivity (Wildman–Crippen MR) is 130 cm³/mol. The van der Waals surface area contributed by atoms with Crippen molar-refractivity contribution in [3.05, 3.63) is 53.5 Å². The van der Waals surface area contributed by atoms with Gasteiger partial charge in [-0.15, -0.1) is 0 Å². The standard InChI is InChI=1S/C26H29FN4O5/c1-35-23-5-3-19-24(30-23)17(18(27)13-28-19)8-11-31-9-6-15(7-10-31)25(33)26(34)16-2-4-21-20(12-16)29-22(32)14-36-21/h2-5,12-13,15,25-26,33-34H,6-11,14H2,1H3,(H,29,32)/t25-,26-/m0/s1. The Hall–Kier alpha value is -3.34. The topological polar surface area (TPSA) is 117 Å². The van der Waals surface area contributed by atoms with Crippen LogP contribution in [0.2, 0.25) is 0 Å². The van der Waals surface area contributed by atoms with Gasteiger partial charge in [-0.25, -0.2) is 9.37 Å². The van der Waals surface area contributed by atoms with Crippen LogP contribution in [0.5, 0.6) is 11.6 Å². The first kappa shape index (κ1) is 24.4. The maximum Gasteiger partial charge on any atom is 0.262 e. The van der Waals surface area contributed by atoms with E-state index in [0.717, 1.165) is 13.1 Å². The highest BCUT2D eigenvalue weighted by molar-refractivity contribution is 5.95. The Bertz CT molecular complexity index is 1260. The van der Waals surface area contributed by atoms with Crippen LogP contribution < -0.4 is 14.8 Å². The highest BCUT2D eigenvalue weighted by atomic mass is 19.1. The smallest absolute Gasteiger partial charge is 0.262 e. The van der Waals surface area contributed by atoms with Gasteiger partial charge in [0.2, 0.25) is 5.88 Å². The molecule has 190 valence electrons. The van der Waals surface area contributed by atoms with Crippen LogP contribution in [0, 0.1) is 11.7 Å². The number of aromatic nitrogens is 2. The van der Waals surface area contributed by atoms with Gasteiger partial charge >= 0.3 is 0 Å². The third kappa shape index (κ3) is 4.97. The number of carbonyl (C=O) groups excluding carboxylic acids is 1. The van der Waals surface area contributed by atoms with E-state index in [9.17, 15) is 19.4 Å². The largest absolute Gasteiger partial charge is 0.482 e. The number of amides is 1. The fraction of sp³-hybridized carbons (Fsp3) is 0.423. The van der Waals surface area contributed by atoms with Crippen LogP contribution in [0.4, 0.5) is 10.1 Å². The normalized spacial score (nSPS) is 18.3. The highest BCUT2D eigenvalue weighted by Crippen LogP contribution is 2.34. The second-order valence-electron chi connectivity index (χ2n) is 9.26. The summed E-state index contributed by atoms with van der Waals surface area (Å²) < 4.78 is 25.1. The first-order chi connectivity index (χ1) is 17.4. The molecular formula is C26H29FN4O5. The minimum atomic E-state index is -1.08. The minimum absolute atomic E-state index is 0.0369. The van der Waals surface area contributed by atoms with Gasteiger partial charge in [-0.05, 0) is 62.0 Å². The molecule has 3 aromatic rings. The van der Waals surface area contributed by atoms with Gasteiger partial charge in [0.15, 0.2) is 6.61 Å². The summed E-state index contributed by atoms with van der Waals surface area (Å²) in [4.78, 5) is 22.3. The number of halogens is 1. The molecule has 1 saturated heterocycles. The number of ether oxygens (including phenoxy) is 2. The van der Waals surface area contributed by atoms with Crippen LogP contribution in [0.25, 0.3) is 11.0 Å². The molecule has 10 heteroatoms. The van der Waals surface area contributed by atoms with Gasteiger partial charge in [0.25, 0.3) is 5.91 Å². The summed E-state index contributed by atoms with van der Waals surface area (Å²) in [6.45, 7) is 2.06. The number of fused-ring (bicyclic) bond motifs is 2. The lowest BCUT2D eigenvalue weighted by molar-refractivity contribution is -0.118. The molecule has 1 aromatic carbocycles. The van der Waals surface area contributed by atoms with Gasteiger partial charge in [0.05, 0.1) is 36.1 Å². The van der Waals surface area contributed by atoms with E-state index in [4.69, 9.17) is 9.47 Å². The van der Waals surface area contributed by atoms with E-state index in [1.54, 1.807) is 30.3 Å². The second-order valence-corrected chi connectivity index (χ2v) is 9.26. The number of piperidine rings is 1. The van der Waals surface area contributed by atoms with Crippen molar-refractivity contribution in [1.29, 1.82) is 0 Å². The minimum Gasteiger partial charge on any atom is -0.482 e. The molecule has 0 bridgehead atoms. The number of aliphatic hydroxyl groups is 2. The van der Waals surface area contributed by atoms with E-state index >= 15 is 0 Å². The van der Waals surface area contributed by atoms with Crippen LogP contribution in [0.15, 0.2) is 36.5 Å². The Morgan fingerprint density at radius 2 is 2.06 bits per heavy atom. The Balaban J connectivity index is 1.19. The van der Waals surface area contributed by atoms with E-state index in [0.29, 0.717) is 65.3 Å². The van der Waals surface area contributed by atoms with E-state index in [1.165, 1.54) is 13.3 Å².